The zero-order chi connectivity index (χ0) is 19.8. The van der Waals surface area contributed by atoms with Crippen molar-refractivity contribution in [2.75, 3.05) is 5.32 Å². The van der Waals surface area contributed by atoms with Crippen molar-refractivity contribution in [1.29, 1.82) is 5.26 Å². The molecular formula is C18H21N3O4S. The highest BCUT2D eigenvalue weighted by Crippen LogP contribution is 2.28. The van der Waals surface area contributed by atoms with Gasteiger partial charge in [-0.1, -0.05) is 25.9 Å². The molecular weight excluding hydrogens is 354 g/mol. The normalized spacial score (nSPS) is 12.5. The highest BCUT2D eigenvalue weighted by atomic mass is 32.2. The highest BCUT2D eigenvalue weighted by molar-refractivity contribution is 7.93. The maximum absolute atomic E-state index is 12.9. The van der Waals surface area contributed by atoms with E-state index in [0.717, 1.165) is 0 Å². The maximum atomic E-state index is 12.9. The minimum atomic E-state index is -3.98. The standard InChI is InChI=1S/C18H21N3O4S/c1-17(2,3)14-10-15(21-25-14)20-16(22)18(4,5)26(23,24)13-8-6-12(11-19)7-9-13/h6-10H,1-5H3,(H,20,21,22). The number of amides is 1. The Balaban J connectivity index is 2.28. The third kappa shape index (κ3) is 3.63. The van der Waals surface area contributed by atoms with Crippen LogP contribution < -0.4 is 5.32 Å². The smallest absolute Gasteiger partial charge is 0.246 e. The van der Waals surface area contributed by atoms with Crippen LogP contribution in [0.15, 0.2) is 39.8 Å². The topological polar surface area (TPSA) is 113 Å². The van der Waals surface area contributed by atoms with Crippen molar-refractivity contribution in [2.24, 2.45) is 0 Å². The van der Waals surface area contributed by atoms with E-state index < -0.39 is 20.5 Å². The summed E-state index contributed by atoms with van der Waals surface area (Å²) in [5.74, 6) is -0.000738. The molecule has 1 aromatic carbocycles. The van der Waals surface area contributed by atoms with Crippen molar-refractivity contribution in [3.8, 4) is 6.07 Å². The molecule has 0 spiro atoms. The molecule has 0 saturated carbocycles. The SMILES string of the molecule is CC(C)(C)c1cc(NC(=O)C(C)(C)S(=O)(=O)c2ccc(C#N)cc2)no1. The van der Waals surface area contributed by atoms with Gasteiger partial charge in [0.2, 0.25) is 5.91 Å². The summed E-state index contributed by atoms with van der Waals surface area (Å²) in [4.78, 5) is 12.6. The fourth-order valence-corrected chi connectivity index (χ4v) is 3.46. The van der Waals surface area contributed by atoms with Gasteiger partial charge in [0.1, 0.15) is 10.5 Å². The number of nitrogens with one attached hydrogen (secondary N) is 1. The highest BCUT2D eigenvalue weighted by Gasteiger charge is 2.43. The Hall–Kier alpha value is -2.66. The van der Waals surface area contributed by atoms with Crippen molar-refractivity contribution >= 4 is 21.6 Å². The number of nitriles is 1. The molecule has 8 heteroatoms. The molecule has 0 aliphatic rings. The fraction of sp³-hybridized carbons (Fsp3) is 0.389. The summed E-state index contributed by atoms with van der Waals surface area (Å²) in [5.41, 5.74) is 0.0450. The summed E-state index contributed by atoms with van der Waals surface area (Å²) in [5, 5.41) is 15.1. The predicted molar refractivity (Wildman–Crippen MR) is 96.3 cm³/mol. The quantitative estimate of drug-likeness (QED) is 0.879. The Bertz CT molecular complexity index is 959. The van der Waals surface area contributed by atoms with Crippen LogP contribution in [0, 0.1) is 11.3 Å². The van der Waals surface area contributed by atoms with Crippen molar-refractivity contribution in [2.45, 2.75) is 49.7 Å². The van der Waals surface area contributed by atoms with E-state index in [1.807, 2.05) is 26.8 Å². The first-order valence-corrected chi connectivity index (χ1v) is 9.41. The van der Waals surface area contributed by atoms with Gasteiger partial charge in [-0.05, 0) is 38.1 Å². The lowest BCUT2D eigenvalue weighted by atomic mass is 9.93. The Kier molecular flexibility index (Phi) is 4.97. The summed E-state index contributed by atoms with van der Waals surface area (Å²) in [6.45, 7) is 8.43. The van der Waals surface area contributed by atoms with E-state index in [-0.39, 0.29) is 16.1 Å². The molecule has 0 unspecified atom stereocenters. The van der Waals surface area contributed by atoms with Gasteiger partial charge in [0.15, 0.2) is 15.7 Å². The number of hydrogen-bond donors (Lipinski definition) is 1. The molecule has 1 heterocycles. The second kappa shape index (κ2) is 6.57. The summed E-state index contributed by atoms with van der Waals surface area (Å²) in [6.07, 6.45) is 0. The third-order valence-electron chi connectivity index (χ3n) is 4.00. The van der Waals surface area contributed by atoms with Crippen LogP contribution in [-0.2, 0) is 20.0 Å². The van der Waals surface area contributed by atoms with E-state index in [4.69, 9.17) is 9.78 Å². The number of carbonyl (C=O) groups excluding carboxylic acids is 1. The number of aromatic nitrogens is 1. The number of sulfone groups is 1. The Morgan fingerprint density at radius 2 is 1.73 bits per heavy atom. The summed E-state index contributed by atoms with van der Waals surface area (Å²) < 4.78 is 29.2. The molecule has 0 aliphatic heterocycles. The monoisotopic (exact) mass is 375 g/mol. The molecule has 2 rings (SSSR count). The number of nitrogens with zero attached hydrogens (tertiary/aromatic N) is 2. The number of hydrogen-bond acceptors (Lipinski definition) is 6. The van der Waals surface area contributed by atoms with Crippen LogP contribution >= 0.6 is 0 Å². The van der Waals surface area contributed by atoms with Crippen LogP contribution in [0.3, 0.4) is 0 Å². The largest absolute Gasteiger partial charge is 0.359 e. The molecule has 0 atom stereocenters. The molecule has 1 N–H and O–H groups in total. The van der Waals surface area contributed by atoms with E-state index in [2.05, 4.69) is 10.5 Å². The molecule has 2 aromatic rings. The van der Waals surface area contributed by atoms with Gasteiger partial charge in [-0.2, -0.15) is 5.26 Å². The molecule has 0 bridgehead atoms. The van der Waals surface area contributed by atoms with E-state index in [9.17, 15) is 13.2 Å². The average Bonchev–Trinajstić information content (AvgIpc) is 3.03. The zero-order valence-corrected chi connectivity index (χ0v) is 16.1. The van der Waals surface area contributed by atoms with Gasteiger partial charge in [-0.15, -0.1) is 0 Å². The summed E-state index contributed by atoms with van der Waals surface area (Å²) >= 11 is 0. The second-order valence-electron chi connectivity index (χ2n) is 7.43. The van der Waals surface area contributed by atoms with Gasteiger partial charge in [0.25, 0.3) is 0 Å². The van der Waals surface area contributed by atoms with E-state index in [0.29, 0.717) is 11.3 Å². The van der Waals surface area contributed by atoms with Gasteiger partial charge in [-0.25, -0.2) is 8.42 Å². The van der Waals surface area contributed by atoms with E-state index in [1.54, 1.807) is 6.07 Å². The van der Waals surface area contributed by atoms with Crippen LogP contribution in [0.1, 0.15) is 45.9 Å². The lowest BCUT2D eigenvalue weighted by Crippen LogP contribution is -2.44. The molecule has 138 valence electrons. The maximum Gasteiger partial charge on any atom is 0.246 e. The lowest BCUT2D eigenvalue weighted by molar-refractivity contribution is -0.117. The summed E-state index contributed by atoms with van der Waals surface area (Å²) in [7, 11) is -3.98. The van der Waals surface area contributed by atoms with Gasteiger partial charge in [-0.3, -0.25) is 4.79 Å². The second-order valence-corrected chi connectivity index (χ2v) is 9.93. The fourth-order valence-electron chi connectivity index (χ4n) is 2.08. The molecule has 0 saturated heterocycles. The molecule has 7 nitrogen and oxygen atoms in total. The predicted octanol–water partition coefficient (Wildman–Crippen LogP) is 3.03. The molecule has 0 aliphatic carbocycles. The first kappa shape index (κ1) is 19.7. The summed E-state index contributed by atoms with van der Waals surface area (Å²) in [6, 6.07) is 8.92. The number of carbonyl (C=O) groups is 1. The number of benzene rings is 1. The van der Waals surface area contributed by atoms with Crippen molar-refractivity contribution in [1.82, 2.24) is 5.16 Å². The van der Waals surface area contributed by atoms with Crippen molar-refractivity contribution < 1.29 is 17.7 Å². The van der Waals surface area contributed by atoms with E-state index in [1.165, 1.54) is 38.1 Å². The van der Waals surface area contributed by atoms with Crippen molar-refractivity contribution in [3.63, 3.8) is 0 Å². The Labute approximate surface area is 152 Å². The van der Waals surface area contributed by atoms with E-state index >= 15 is 0 Å². The minimum absolute atomic E-state index is 0.0350. The number of anilines is 1. The first-order chi connectivity index (χ1) is 11.9. The molecule has 1 amide bonds. The zero-order valence-electron chi connectivity index (χ0n) is 15.3. The number of rotatable bonds is 4. The van der Waals surface area contributed by atoms with Crippen LogP contribution in [0.4, 0.5) is 5.82 Å². The minimum Gasteiger partial charge on any atom is -0.359 e. The van der Waals surface area contributed by atoms with Crippen molar-refractivity contribution in [3.05, 3.63) is 41.7 Å². The Morgan fingerprint density at radius 3 is 2.19 bits per heavy atom. The first-order valence-electron chi connectivity index (χ1n) is 7.93. The van der Waals surface area contributed by atoms with Crippen LogP contribution in [-0.4, -0.2) is 24.2 Å². The average molecular weight is 375 g/mol. The van der Waals surface area contributed by atoms with Crippen LogP contribution in [0.5, 0.6) is 0 Å². The molecule has 0 radical (unpaired) electrons. The molecule has 26 heavy (non-hydrogen) atoms. The molecule has 1 aromatic heterocycles. The van der Waals surface area contributed by atoms with Gasteiger partial charge < -0.3 is 9.84 Å². The Morgan fingerprint density at radius 1 is 1.15 bits per heavy atom. The molecule has 0 fully saturated rings. The van der Waals surface area contributed by atoms with Gasteiger partial charge in [0.05, 0.1) is 16.5 Å². The van der Waals surface area contributed by atoms with Crippen LogP contribution in [0.2, 0.25) is 0 Å². The lowest BCUT2D eigenvalue weighted by Gasteiger charge is -2.23. The van der Waals surface area contributed by atoms with Gasteiger partial charge in [0, 0.05) is 11.5 Å². The van der Waals surface area contributed by atoms with Crippen LogP contribution in [0.25, 0.3) is 0 Å². The van der Waals surface area contributed by atoms with Gasteiger partial charge >= 0.3 is 0 Å². The third-order valence-corrected chi connectivity index (χ3v) is 6.43.